The van der Waals surface area contributed by atoms with Gasteiger partial charge in [-0.1, -0.05) is 6.07 Å². The van der Waals surface area contributed by atoms with E-state index in [0.717, 1.165) is 44.7 Å². The fourth-order valence-electron chi connectivity index (χ4n) is 3.64. The summed E-state index contributed by atoms with van der Waals surface area (Å²) < 4.78 is 17.0. The van der Waals surface area contributed by atoms with E-state index in [1.54, 1.807) is 6.20 Å². The smallest absolute Gasteiger partial charge is 0.248 e. The van der Waals surface area contributed by atoms with Crippen LogP contribution in [0.5, 0.6) is 0 Å². The molecule has 1 atom stereocenters. The van der Waals surface area contributed by atoms with Gasteiger partial charge in [0.1, 0.15) is 6.61 Å². The Morgan fingerprint density at radius 2 is 2.20 bits per heavy atom. The van der Waals surface area contributed by atoms with Gasteiger partial charge in [0.15, 0.2) is 0 Å². The van der Waals surface area contributed by atoms with Gasteiger partial charge in [-0.25, -0.2) is 0 Å². The minimum Gasteiger partial charge on any atom is -0.375 e. The highest BCUT2D eigenvalue weighted by Gasteiger charge is 2.43. The Kier molecular flexibility index (Phi) is 6.39. The van der Waals surface area contributed by atoms with Crippen LogP contribution in [0.1, 0.15) is 31.9 Å². The first-order chi connectivity index (χ1) is 12.2. The molecule has 3 rings (SSSR count). The number of nitrogens with zero attached hydrogens (tertiary/aromatic N) is 2. The zero-order chi connectivity index (χ0) is 17.5. The van der Waals surface area contributed by atoms with E-state index >= 15 is 0 Å². The molecule has 0 aliphatic carbocycles. The largest absolute Gasteiger partial charge is 0.375 e. The summed E-state index contributed by atoms with van der Waals surface area (Å²) in [7, 11) is 0. The number of carbonyl (C=O) groups excluding carboxylic acids is 1. The summed E-state index contributed by atoms with van der Waals surface area (Å²) in [5.41, 5.74) is 1.15. The van der Waals surface area contributed by atoms with Gasteiger partial charge in [0.05, 0.1) is 31.6 Å². The number of rotatable bonds is 7. The van der Waals surface area contributed by atoms with E-state index in [2.05, 4.69) is 4.98 Å². The zero-order valence-corrected chi connectivity index (χ0v) is 15.0. The number of piperidine rings is 1. The second-order valence-electron chi connectivity index (χ2n) is 6.99. The molecule has 0 aromatic carbocycles. The molecule has 25 heavy (non-hydrogen) atoms. The Balaban J connectivity index is 1.38. The maximum absolute atomic E-state index is 12.0. The molecule has 0 bridgehead atoms. The van der Waals surface area contributed by atoms with Crippen LogP contribution in [0, 0.1) is 5.41 Å². The molecule has 0 N–H and O–H groups in total. The number of amides is 1. The number of likely N-dealkylation sites (tertiary alicyclic amines) is 1. The summed E-state index contributed by atoms with van der Waals surface area (Å²) >= 11 is 0. The molecule has 1 aromatic heterocycles. The lowest BCUT2D eigenvalue weighted by Crippen LogP contribution is -2.45. The molecule has 1 spiro atoms. The van der Waals surface area contributed by atoms with Gasteiger partial charge in [0.25, 0.3) is 0 Å². The Morgan fingerprint density at radius 3 is 2.92 bits per heavy atom. The molecule has 0 radical (unpaired) electrons. The molecule has 2 saturated heterocycles. The summed E-state index contributed by atoms with van der Waals surface area (Å²) in [6.07, 6.45) is 4.95. The minimum absolute atomic E-state index is 0.103. The normalized spacial score (nSPS) is 22.4. The highest BCUT2D eigenvalue weighted by atomic mass is 16.5. The lowest BCUT2D eigenvalue weighted by molar-refractivity contribution is -0.138. The van der Waals surface area contributed by atoms with Gasteiger partial charge in [-0.2, -0.15) is 0 Å². The van der Waals surface area contributed by atoms with E-state index in [0.29, 0.717) is 19.8 Å². The van der Waals surface area contributed by atoms with Crippen LogP contribution in [0.2, 0.25) is 0 Å². The third-order valence-corrected chi connectivity index (χ3v) is 5.17. The second-order valence-corrected chi connectivity index (χ2v) is 6.99. The number of carbonyl (C=O) groups is 1. The van der Waals surface area contributed by atoms with Crippen molar-refractivity contribution in [2.45, 2.75) is 38.9 Å². The quantitative estimate of drug-likeness (QED) is 0.755. The Bertz CT molecular complexity index is 544. The zero-order valence-electron chi connectivity index (χ0n) is 15.0. The van der Waals surface area contributed by atoms with Crippen molar-refractivity contribution in [2.75, 3.05) is 39.5 Å². The molecule has 1 aromatic rings. The molecule has 2 fully saturated rings. The van der Waals surface area contributed by atoms with Crippen molar-refractivity contribution >= 4 is 5.91 Å². The average Bonchev–Trinajstić information content (AvgIpc) is 3.04. The Labute approximate surface area is 149 Å². The third-order valence-electron chi connectivity index (χ3n) is 5.17. The van der Waals surface area contributed by atoms with Gasteiger partial charge in [-0.05, 0) is 43.7 Å². The summed E-state index contributed by atoms with van der Waals surface area (Å²) in [6, 6.07) is 5.83. The highest BCUT2D eigenvalue weighted by molar-refractivity contribution is 5.77. The first-order valence-electron chi connectivity index (χ1n) is 9.15. The van der Waals surface area contributed by atoms with Gasteiger partial charge in [0.2, 0.25) is 5.91 Å². The average molecular weight is 348 g/mol. The predicted molar refractivity (Wildman–Crippen MR) is 93.0 cm³/mol. The molecule has 0 unspecified atom stereocenters. The van der Waals surface area contributed by atoms with E-state index < -0.39 is 0 Å². The van der Waals surface area contributed by atoms with Crippen molar-refractivity contribution < 1.29 is 19.0 Å². The van der Waals surface area contributed by atoms with Gasteiger partial charge in [0, 0.05) is 25.9 Å². The summed E-state index contributed by atoms with van der Waals surface area (Å²) in [5.74, 6) is 0.103. The van der Waals surface area contributed by atoms with Crippen molar-refractivity contribution in [1.82, 2.24) is 9.88 Å². The van der Waals surface area contributed by atoms with E-state index in [1.807, 2.05) is 30.0 Å². The monoisotopic (exact) mass is 348 g/mol. The second kappa shape index (κ2) is 8.74. The van der Waals surface area contributed by atoms with Gasteiger partial charge in [-0.15, -0.1) is 0 Å². The van der Waals surface area contributed by atoms with Crippen molar-refractivity contribution in [3.63, 3.8) is 0 Å². The summed E-state index contributed by atoms with van der Waals surface area (Å²) in [6.45, 7) is 6.19. The van der Waals surface area contributed by atoms with E-state index in [-0.39, 0.29) is 24.0 Å². The first kappa shape index (κ1) is 18.3. The fourth-order valence-corrected chi connectivity index (χ4v) is 3.64. The number of aromatic nitrogens is 1. The maximum atomic E-state index is 12.0. The number of hydrogen-bond donors (Lipinski definition) is 0. The van der Waals surface area contributed by atoms with E-state index in [4.69, 9.17) is 14.2 Å². The first-order valence-corrected chi connectivity index (χ1v) is 9.15. The van der Waals surface area contributed by atoms with Gasteiger partial charge < -0.3 is 19.1 Å². The van der Waals surface area contributed by atoms with Crippen LogP contribution in [-0.4, -0.2) is 61.4 Å². The van der Waals surface area contributed by atoms with E-state index in [1.165, 1.54) is 0 Å². The van der Waals surface area contributed by atoms with Crippen molar-refractivity contribution in [2.24, 2.45) is 5.41 Å². The Morgan fingerprint density at radius 1 is 1.36 bits per heavy atom. The maximum Gasteiger partial charge on any atom is 0.248 e. The molecule has 0 saturated carbocycles. The molecular formula is C19H28N2O4. The van der Waals surface area contributed by atoms with Crippen molar-refractivity contribution in [3.8, 4) is 0 Å². The lowest BCUT2D eigenvalue weighted by atomic mass is 9.76. The van der Waals surface area contributed by atoms with Crippen molar-refractivity contribution in [3.05, 3.63) is 30.1 Å². The highest BCUT2D eigenvalue weighted by Crippen LogP contribution is 2.42. The molecule has 6 nitrogen and oxygen atoms in total. The lowest BCUT2D eigenvalue weighted by Gasteiger charge is -2.38. The molecule has 138 valence electrons. The number of pyridine rings is 1. The molecule has 3 heterocycles. The SMILES string of the molecule is CCOCC(=O)N1CCC2(CC1)CO[C@@H](COCc1ccccn1)C2. The third kappa shape index (κ3) is 5.00. The van der Waals surface area contributed by atoms with Crippen molar-refractivity contribution in [1.29, 1.82) is 0 Å². The summed E-state index contributed by atoms with van der Waals surface area (Å²) in [5, 5.41) is 0. The molecular weight excluding hydrogens is 320 g/mol. The van der Waals surface area contributed by atoms with Crippen LogP contribution in [0.4, 0.5) is 0 Å². The van der Waals surface area contributed by atoms with E-state index in [9.17, 15) is 4.79 Å². The topological polar surface area (TPSA) is 60.9 Å². The fraction of sp³-hybridized carbons (Fsp3) is 0.684. The number of ether oxygens (including phenoxy) is 3. The molecule has 1 amide bonds. The number of hydrogen-bond acceptors (Lipinski definition) is 5. The van der Waals surface area contributed by atoms with Crippen LogP contribution >= 0.6 is 0 Å². The van der Waals surface area contributed by atoms with Crippen LogP contribution in [0.25, 0.3) is 0 Å². The summed E-state index contributed by atoms with van der Waals surface area (Å²) in [4.78, 5) is 18.2. The Hall–Kier alpha value is -1.50. The van der Waals surface area contributed by atoms with Crippen LogP contribution in [0.3, 0.4) is 0 Å². The molecule has 2 aliphatic heterocycles. The van der Waals surface area contributed by atoms with Gasteiger partial charge in [-0.3, -0.25) is 9.78 Å². The minimum atomic E-state index is 0.103. The predicted octanol–water partition coefficient (Wildman–Crippen LogP) is 2.03. The van der Waals surface area contributed by atoms with Crippen LogP contribution in [-0.2, 0) is 25.6 Å². The molecule has 2 aliphatic rings. The standard InChI is InChI=1S/C19H28N2O4/c1-2-23-14-18(22)21-9-6-19(7-10-21)11-17(25-15-19)13-24-12-16-5-3-4-8-20-16/h3-5,8,17H,2,6-7,9-15H2,1H3/t17-/m1/s1. The van der Waals surface area contributed by atoms with Gasteiger partial charge >= 0.3 is 0 Å². The molecule has 6 heteroatoms. The van der Waals surface area contributed by atoms with Crippen LogP contribution in [0.15, 0.2) is 24.4 Å². The van der Waals surface area contributed by atoms with Crippen LogP contribution < -0.4 is 0 Å².